The number of benzene rings is 1. The predicted octanol–water partition coefficient (Wildman–Crippen LogP) is 4.25. The van der Waals surface area contributed by atoms with Gasteiger partial charge in [-0.1, -0.05) is 22.8 Å². The van der Waals surface area contributed by atoms with Crippen molar-refractivity contribution in [3.8, 4) is 17.0 Å². The average molecular weight is 349 g/mol. The van der Waals surface area contributed by atoms with Gasteiger partial charge in [0.25, 0.3) is 0 Å². The van der Waals surface area contributed by atoms with Crippen LogP contribution < -0.4 is 10.1 Å². The maximum atomic E-state index is 12.1. The number of methoxy groups -OCH3 is 1. The zero-order chi connectivity index (χ0) is 16.2. The van der Waals surface area contributed by atoms with E-state index in [1.54, 1.807) is 42.7 Å². The van der Waals surface area contributed by atoms with Gasteiger partial charge in [0.15, 0.2) is 0 Å². The van der Waals surface area contributed by atoms with E-state index in [1.165, 1.54) is 0 Å². The normalized spacial score (nSPS) is 10.5. The summed E-state index contributed by atoms with van der Waals surface area (Å²) >= 11 is 7.62. The first kappa shape index (κ1) is 15.6. The molecule has 1 amide bonds. The number of carbonyl (C=O) groups excluding carboxylic acids is 1. The number of thiophene rings is 1. The molecule has 2 heterocycles. The molecule has 0 unspecified atom stereocenters. The van der Waals surface area contributed by atoms with Crippen molar-refractivity contribution in [1.82, 2.24) is 5.16 Å². The number of anilines is 1. The first-order valence-corrected chi connectivity index (χ1v) is 8.09. The highest BCUT2D eigenvalue weighted by molar-refractivity contribution is 7.08. The van der Waals surface area contributed by atoms with Crippen LogP contribution in [0.25, 0.3) is 11.3 Å². The molecule has 0 atom stereocenters. The van der Waals surface area contributed by atoms with Gasteiger partial charge in [0.05, 0.1) is 18.6 Å². The lowest BCUT2D eigenvalue weighted by atomic mass is 10.1. The summed E-state index contributed by atoms with van der Waals surface area (Å²) in [6.07, 6.45) is 0.179. The van der Waals surface area contributed by atoms with Gasteiger partial charge in [0, 0.05) is 17.0 Å². The van der Waals surface area contributed by atoms with Crippen LogP contribution in [-0.4, -0.2) is 18.2 Å². The van der Waals surface area contributed by atoms with E-state index in [2.05, 4.69) is 10.5 Å². The van der Waals surface area contributed by atoms with Gasteiger partial charge in [-0.25, -0.2) is 0 Å². The van der Waals surface area contributed by atoms with Crippen LogP contribution in [0.1, 0.15) is 5.56 Å². The second-order valence-corrected chi connectivity index (χ2v) is 5.97. The molecule has 0 spiro atoms. The Morgan fingerprint density at radius 1 is 1.39 bits per heavy atom. The first-order valence-electron chi connectivity index (χ1n) is 6.77. The average Bonchev–Trinajstić information content (AvgIpc) is 3.18. The van der Waals surface area contributed by atoms with E-state index in [0.717, 1.165) is 11.1 Å². The van der Waals surface area contributed by atoms with E-state index in [0.29, 0.717) is 22.4 Å². The van der Waals surface area contributed by atoms with Crippen molar-refractivity contribution in [2.75, 3.05) is 12.4 Å². The van der Waals surface area contributed by atoms with E-state index >= 15 is 0 Å². The van der Waals surface area contributed by atoms with Gasteiger partial charge in [0.2, 0.25) is 11.8 Å². The summed E-state index contributed by atoms with van der Waals surface area (Å²) in [6.45, 7) is 0. The maximum Gasteiger partial charge on any atom is 0.231 e. The maximum absolute atomic E-state index is 12.1. The molecule has 3 rings (SSSR count). The highest BCUT2D eigenvalue weighted by atomic mass is 35.5. The number of hydrogen-bond donors (Lipinski definition) is 1. The number of nitrogens with one attached hydrogen (secondary N) is 1. The topological polar surface area (TPSA) is 64.4 Å². The molecule has 0 aliphatic rings. The molecule has 1 N–H and O–H groups in total. The van der Waals surface area contributed by atoms with Gasteiger partial charge in [-0.3, -0.25) is 10.1 Å². The van der Waals surface area contributed by atoms with E-state index in [4.69, 9.17) is 20.9 Å². The summed E-state index contributed by atoms with van der Waals surface area (Å²) in [5, 5.41) is 11.0. The Labute approximate surface area is 141 Å². The van der Waals surface area contributed by atoms with E-state index < -0.39 is 0 Å². The van der Waals surface area contributed by atoms with Gasteiger partial charge in [-0.2, -0.15) is 11.3 Å². The Morgan fingerprint density at radius 3 is 2.96 bits per heavy atom. The van der Waals surface area contributed by atoms with Crippen molar-refractivity contribution in [2.24, 2.45) is 0 Å². The quantitative estimate of drug-likeness (QED) is 0.748. The van der Waals surface area contributed by atoms with Crippen LogP contribution in [0.4, 0.5) is 5.88 Å². The number of ether oxygens (including phenoxy) is 1. The third-order valence-corrected chi connectivity index (χ3v) is 4.15. The van der Waals surface area contributed by atoms with E-state index in [-0.39, 0.29) is 12.3 Å². The fourth-order valence-electron chi connectivity index (χ4n) is 2.07. The number of nitrogens with zero attached hydrogens (tertiary/aromatic N) is 1. The number of carbonyl (C=O) groups is 1. The smallest absolute Gasteiger partial charge is 0.231 e. The van der Waals surface area contributed by atoms with Crippen LogP contribution >= 0.6 is 22.9 Å². The Balaban J connectivity index is 1.64. The van der Waals surface area contributed by atoms with Crippen LogP contribution in [-0.2, 0) is 11.2 Å². The Hall–Kier alpha value is -2.31. The monoisotopic (exact) mass is 348 g/mol. The van der Waals surface area contributed by atoms with Crippen molar-refractivity contribution >= 4 is 34.7 Å². The summed E-state index contributed by atoms with van der Waals surface area (Å²) < 4.78 is 10.2. The van der Waals surface area contributed by atoms with Crippen molar-refractivity contribution in [1.29, 1.82) is 0 Å². The molecule has 2 aromatic heterocycles. The number of halogens is 1. The minimum atomic E-state index is -0.209. The second kappa shape index (κ2) is 6.85. The third-order valence-electron chi connectivity index (χ3n) is 3.17. The fraction of sp³-hybridized carbons (Fsp3) is 0.125. The summed E-state index contributed by atoms with van der Waals surface area (Å²) in [5.41, 5.74) is 2.43. The van der Waals surface area contributed by atoms with Crippen molar-refractivity contribution in [2.45, 2.75) is 6.42 Å². The highest BCUT2D eigenvalue weighted by Gasteiger charge is 2.11. The Kier molecular flexibility index (Phi) is 4.64. The van der Waals surface area contributed by atoms with E-state index in [1.807, 2.05) is 16.8 Å². The minimum Gasteiger partial charge on any atom is -0.495 e. The molecule has 3 aromatic rings. The lowest BCUT2D eigenvalue weighted by molar-refractivity contribution is -0.115. The number of rotatable bonds is 5. The van der Waals surface area contributed by atoms with Gasteiger partial charge >= 0.3 is 0 Å². The van der Waals surface area contributed by atoms with Crippen LogP contribution in [0.2, 0.25) is 5.02 Å². The van der Waals surface area contributed by atoms with Crippen LogP contribution in [0.15, 0.2) is 45.6 Å². The van der Waals surface area contributed by atoms with Gasteiger partial charge < -0.3 is 9.26 Å². The van der Waals surface area contributed by atoms with Gasteiger partial charge in [-0.05, 0) is 29.1 Å². The molecule has 1 aromatic carbocycles. The molecule has 0 aliphatic heterocycles. The molecule has 0 bridgehead atoms. The number of aromatic nitrogens is 1. The van der Waals surface area contributed by atoms with E-state index in [9.17, 15) is 4.79 Å². The molecule has 118 valence electrons. The van der Waals surface area contributed by atoms with Gasteiger partial charge in [0.1, 0.15) is 11.4 Å². The van der Waals surface area contributed by atoms with Crippen molar-refractivity contribution in [3.05, 3.63) is 51.7 Å². The first-order chi connectivity index (χ1) is 11.2. The molecule has 0 fully saturated rings. The molecule has 0 radical (unpaired) electrons. The van der Waals surface area contributed by atoms with Crippen molar-refractivity contribution < 1.29 is 14.1 Å². The van der Waals surface area contributed by atoms with Crippen LogP contribution in [0.5, 0.6) is 5.75 Å². The summed E-state index contributed by atoms with van der Waals surface area (Å²) in [4.78, 5) is 12.1. The van der Waals surface area contributed by atoms with Gasteiger partial charge in [-0.15, -0.1) is 0 Å². The lowest BCUT2D eigenvalue weighted by Gasteiger charge is -2.05. The summed E-state index contributed by atoms with van der Waals surface area (Å²) in [5.74, 6) is 0.682. The molecular weight excluding hydrogens is 336 g/mol. The lowest BCUT2D eigenvalue weighted by Crippen LogP contribution is -2.13. The SMILES string of the molecule is COc1ccc(CC(=O)Nc2cc(-c3ccsc3)no2)cc1Cl. The highest BCUT2D eigenvalue weighted by Crippen LogP contribution is 2.26. The predicted molar refractivity (Wildman–Crippen MR) is 90.2 cm³/mol. The number of hydrogen-bond acceptors (Lipinski definition) is 5. The van der Waals surface area contributed by atoms with Crippen LogP contribution in [0, 0.1) is 0 Å². The number of amides is 1. The van der Waals surface area contributed by atoms with Crippen molar-refractivity contribution in [3.63, 3.8) is 0 Å². The third kappa shape index (κ3) is 3.72. The molecule has 0 saturated carbocycles. The Morgan fingerprint density at radius 2 is 2.26 bits per heavy atom. The Bertz CT molecular complexity index is 815. The fourth-order valence-corrected chi connectivity index (χ4v) is 3.00. The summed E-state index contributed by atoms with van der Waals surface area (Å²) in [7, 11) is 1.54. The molecule has 5 nitrogen and oxygen atoms in total. The zero-order valence-electron chi connectivity index (χ0n) is 12.2. The second-order valence-electron chi connectivity index (χ2n) is 4.78. The molecule has 23 heavy (non-hydrogen) atoms. The molecular formula is C16H13ClN2O3S. The zero-order valence-corrected chi connectivity index (χ0v) is 13.8. The molecule has 0 saturated heterocycles. The molecule has 7 heteroatoms. The summed E-state index contributed by atoms with van der Waals surface area (Å²) in [6, 6.07) is 8.86. The largest absolute Gasteiger partial charge is 0.495 e. The van der Waals surface area contributed by atoms with Crippen LogP contribution in [0.3, 0.4) is 0 Å². The standard InChI is InChI=1S/C16H13ClN2O3S/c1-21-14-3-2-10(6-12(14)17)7-15(20)18-16-8-13(19-22-16)11-4-5-23-9-11/h2-6,8-9H,7H2,1H3,(H,18,20). The minimum absolute atomic E-state index is 0.179. The molecule has 0 aliphatic carbocycles.